The quantitative estimate of drug-likeness (QED) is 0.827. The van der Waals surface area contributed by atoms with Crippen LogP contribution >= 0.6 is 11.6 Å². The average Bonchev–Trinajstić information content (AvgIpc) is 2.70. The van der Waals surface area contributed by atoms with E-state index in [1.807, 2.05) is 18.2 Å². The molecule has 0 saturated carbocycles. The molecule has 0 aromatic heterocycles. The first-order valence-corrected chi connectivity index (χ1v) is 9.14. The number of amides is 2. The molecule has 27 heavy (non-hydrogen) atoms. The monoisotopic (exact) mass is 387 g/mol. The number of nitrogens with one attached hydrogen (secondary N) is 2. The highest BCUT2D eigenvalue weighted by Crippen LogP contribution is 2.30. The van der Waals surface area contributed by atoms with Gasteiger partial charge in [0.1, 0.15) is 5.75 Å². The summed E-state index contributed by atoms with van der Waals surface area (Å²) >= 11 is 6.15. The molecule has 1 heterocycles. The van der Waals surface area contributed by atoms with Gasteiger partial charge >= 0.3 is 0 Å². The lowest BCUT2D eigenvalue weighted by Gasteiger charge is -2.30. The minimum atomic E-state index is -0.247. The molecule has 2 amide bonds. The van der Waals surface area contributed by atoms with E-state index in [1.165, 1.54) is 0 Å². The van der Waals surface area contributed by atoms with E-state index in [9.17, 15) is 9.59 Å². The molecule has 0 atom stereocenters. The number of carbonyl (C=O) groups excluding carboxylic acids is 2. The number of benzene rings is 2. The molecule has 142 valence electrons. The fourth-order valence-corrected chi connectivity index (χ4v) is 3.44. The zero-order valence-corrected chi connectivity index (χ0v) is 16.1. The van der Waals surface area contributed by atoms with Crippen molar-refractivity contribution in [1.29, 1.82) is 0 Å². The number of hydrogen-bond donors (Lipinski definition) is 2. The van der Waals surface area contributed by atoms with E-state index in [1.54, 1.807) is 37.3 Å². The molecule has 0 aliphatic carbocycles. The lowest BCUT2D eigenvalue weighted by atomic mass is 10.0. The Morgan fingerprint density at radius 1 is 1.22 bits per heavy atom. The van der Waals surface area contributed by atoms with Crippen LogP contribution in [0.2, 0.25) is 5.02 Å². The van der Waals surface area contributed by atoms with Crippen LogP contribution in [-0.2, 0) is 11.2 Å². The van der Waals surface area contributed by atoms with Gasteiger partial charge in [-0.3, -0.25) is 9.59 Å². The van der Waals surface area contributed by atoms with Gasteiger partial charge in [0.2, 0.25) is 5.91 Å². The number of ether oxygens (including phenoxy) is 1. The van der Waals surface area contributed by atoms with Crippen molar-refractivity contribution < 1.29 is 14.3 Å². The number of hydrogen-bond acceptors (Lipinski definition) is 4. The fraction of sp³-hybridized carbons (Fsp3) is 0.300. The molecule has 2 aromatic carbocycles. The van der Waals surface area contributed by atoms with Crippen LogP contribution in [0.25, 0.3) is 0 Å². The standard InChI is InChI=1S/C20H22ClN3O3/c1-22-20(26)16-7-5-14(11-17(16)21)23-12-19(25)24-9-3-4-13-10-15(27-2)6-8-18(13)24/h5-8,10-11,23H,3-4,9,12H2,1-2H3,(H,22,26). The van der Waals surface area contributed by atoms with Crippen LogP contribution in [0, 0.1) is 0 Å². The summed E-state index contributed by atoms with van der Waals surface area (Å²) < 4.78 is 5.27. The van der Waals surface area contributed by atoms with Crippen molar-refractivity contribution >= 4 is 34.8 Å². The number of methoxy groups -OCH3 is 1. The van der Waals surface area contributed by atoms with Gasteiger partial charge in [-0.1, -0.05) is 11.6 Å². The number of carbonyl (C=O) groups is 2. The van der Waals surface area contributed by atoms with Crippen LogP contribution in [0.5, 0.6) is 5.75 Å². The molecule has 2 aromatic rings. The molecular formula is C20H22ClN3O3. The van der Waals surface area contributed by atoms with Crippen LogP contribution in [0.3, 0.4) is 0 Å². The molecule has 7 heteroatoms. The van der Waals surface area contributed by atoms with Crippen molar-refractivity contribution in [2.75, 3.05) is 37.5 Å². The first kappa shape index (κ1) is 19.0. The van der Waals surface area contributed by atoms with E-state index in [2.05, 4.69) is 10.6 Å². The molecule has 0 radical (unpaired) electrons. The number of nitrogens with zero attached hydrogens (tertiary/aromatic N) is 1. The van der Waals surface area contributed by atoms with Gasteiger partial charge in [0, 0.05) is 25.0 Å². The summed E-state index contributed by atoms with van der Waals surface area (Å²) in [6.07, 6.45) is 1.85. The number of aryl methyl sites for hydroxylation is 1. The van der Waals surface area contributed by atoms with E-state index in [-0.39, 0.29) is 18.4 Å². The zero-order valence-electron chi connectivity index (χ0n) is 15.3. The van der Waals surface area contributed by atoms with Crippen LogP contribution < -0.4 is 20.3 Å². The minimum absolute atomic E-state index is 0.0207. The summed E-state index contributed by atoms with van der Waals surface area (Å²) in [4.78, 5) is 26.2. The smallest absolute Gasteiger partial charge is 0.252 e. The molecule has 0 spiro atoms. The average molecular weight is 388 g/mol. The molecule has 0 bridgehead atoms. The minimum Gasteiger partial charge on any atom is -0.497 e. The number of fused-ring (bicyclic) bond motifs is 1. The third-order valence-electron chi connectivity index (χ3n) is 4.59. The van der Waals surface area contributed by atoms with Crippen LogP contribution in [0.1, 0.15) is 22.3 Å². The van der Waals surface area contributed by atoms with Gasteiger partial charge in [0.25, 0.3) is 5.91 Å². The maximum absolute atomic E-state index is 12.7. The van der Waals surface area contributed by atoms with Gasteiger partial charge in [-0.25, -0.2) is 0 Å². The normalized spacial score (nSPS) is 12.9. The summed E-state index contributed by atoms with van der Waals surface area (Å²) in [7, 11) is 3.19. The number of anilines is 2. The maximum atomic E-state index is 12.7. The van der Waals surface area contributed by atoms with Gasteiger partial charge in [0.05, 0.1) is 24.2 Å². The molecule has 3 rings (SSSR count). The summed E-state index contributed by atoms with van der Waals surface area (Å²) in [5, 5.41) is 5.96. The van der Waals surface area contributed by atoms with Crippen LogP contribution in [0.4, 0.5) is 11.4 Å². The highest BCUT2D eigenvalue weighted by Gasteiger charge is 2.22. The summed E-state index contributed by atoms with van der Waals surface area (Å²) in [5.41, 5.74) is 3.14. The van der Waals surface area contributed by atoms with E-state index in [0.29, 0.717) is 22.8 Å². The van der Waals surface area contributed by atoms with Gasteiger partial charge in [0.15, 0.2) is 0 Å². The Hall–Kier alpha value is -2.73. The van der Waals surface area contributed by atoms with Gasteiger partial charge in [-0.2, -0.15) is 0 Å². The SMILES string of the molecule is CNC(=O)c1ccc(NCC(=O)N2CCCc3cc(OC)ccc32)cc1Cl. The Labute approximate surface area is 163 Å². The molecule has 1 aliphatic rings. The molecule has 2 N–H and O–H groups in total. The van der Waals surface area contributed by atoms with Crippen molar-refractivity contribution in [2.45, 2.75) is 12.8 Å². The van der Waals surface area contributed by atoms with Crippen molar-refractivity contribution in [2.24, 2.45) is 0 Å². The highest BCUT2D eigenvalue weighted by molar-refractivity contribution is 6.34. The predicted molar refractivity (Wildman–Crippen MR) is 107 cm³/mol. The summed E-state index contributed by atoms with van der Waals surface area (Å²) in [5.74, 6) is 0.530. The number of rotatable bonds is 5. The molecule has 0 fully saturated rings. The lowest BCUT2D eigenvalue weighted by Crippen LogP contribution is -2.39. The molecular weight excluding hydrogens is 366 g/mol. The Morgan fingerprint density at radius 3 is 2.74 bits per heavy atom. The largest absolute Gasteiger partial charge is 0.497 e. The molecule has 0 saturated heterocycles. The van der Waals surface area contributed by atoms with E-state index in [0.717, 1.165) is 29.8 Å². The lowest BCUT2D eigenvalue weighted by molar-refractivity contribution is -0.117. The maximum Gasteiger partial charge on any atom is 0.252 e. The third-order valence-corrected chi connectivity index (χ3v) is 4.90. The van der Waals surface area contributed by atoms with E-state index in [4.69, 9.17) is 16.3 Å². The van der Waals surface area contributed by atoms with Gasteiger partial charge in [-0.15, -0.1) is 0 Å². The fourth-order valence-electron chi connectivity index (χ4n) is 3.18. The molecule has 6 nitrogen and oxygen atoms in total. The van der Waals surface area contributed by atoms with Crippen molar-refractivity contribution in [3.05, 3.63) is 52.5 Å². The molecule has 1 aliphatic heterocycles. The predicted octanol–water partition coefficient (Wildman–Crippen LogP) is 3.10. The zero-order chi connectivity index (χ0) is 19.4. The Morgan fingerprint density at radius 2 is 2.04 bits per heavy atom. The number of halogens is 1. The highest BCUT2D eigenvalue weighted by atomic mass is 35.5. The summed E-state index contributed by atoms with van der Waals surface area (Å²) in [6.45, 7) is 0.831. The third kappa shape index (κ3) is 4.17. The summed E-state index contributed by atoms with van der Waals surface area (Å²) in [6, 6.07) is 10.8. The van der Waals surface area contributed by atoms with E-state index >= 15 is 0 Å². The van der Waals surface area contributed by atoms with Crippen molar-refractivity contribution in [3.63, 3.8) is 0 Å². The Bertz CT molecular complexity index is 870. The second-order valence-corrected chi connectivity index (χ2v) is 6.68. The van der Waals surface area contributed by atoms with Crippen LogP contribution in [0.15, 0.2) is 36.4 Å². The van der Waals surface area contributed by atoms with Crippen molar-refractivity contribution in [3.8, 4) is 5.75 Å². The van der Waals surface area contributed by atoms with Crippen LogP contribution in [-0.4, -0.2) is 39.1 Å². The van der Waals surface area contributed by atoms with E-state index < -0.39 is 0 Å². The topological polar surface area (TPSA) is 70.7 Å². The van der Waals surface area contributed by atoms with Gasteiger partial charge < -0.3 is 20.3 Å². The Kier molecular flexibility index (Phi) is 5.86. The Balaban J connectivity index is 1.69. The second kappa shape index (κ2) is 8.31. The van der Waals surface area contributed by atoms with Crippen molar-refractivity contribution in [1.82, 2.24) is 5.32 Å². The van der Waals surface area contributed by atoms with Gasteiger partial charge in [-0.05, 0) is 54.8 Å². The second-order valence-electron chi connectivity index (χ2n) is 6.27. The first-order valence-electron chi connectivity index (χ1n) is 8.76. The first-order chi connectivity index (χ1) is 13.0. The molecule has 0 unspecified atom stereocenters.